The van der Waals surface area contributed by atoms with Crippen LogP contribution in [0.1, 0.15) is 51.6 Å². The van der Waals surface area contributed by atoms with Gasteiger partial charge in [-0.3, -0.25) is 9.80 Å². The van der Waals surface area contributed by atoms with Crippen LogP contribution in [0.15, 0.2) is 72.8 Å². The number of hydrogen-bond acceptors (Lipinski definition) is 8. The van der Waals surface area contributed by atoms with E-state index in [1.165, 1.54) is 16.1 Å². The molecule has 6 rings (SSSR count). The number of nitrogen functional groups attached to an aromatic ring is 1. The number of fused-ring (bicyclic) bond motifs is 1. The van der Waals surface area contributed by atoms with Crippen molar-refractivity contribution in [2.24, 2.45) is 5.84 Å². The number of hydrazine groups is 1. The predicted octanol–water partition coefficient (Wildman–Crippen LogP) is 4.04. The molecule has 1 heterocycles. The minimum Gasteiger partial charge on any atom is -0.397 e. The van der Waals surface area contributed by atoms with Crippen LogP contribution in [0.5, 0.6) is 0 Å². The van der Waals surface area contributed by atoms with Gasteiger partial charge in [0, 0.05) is 17.5 Å². The fourth-order valence-electron chi connectivity index (χ4n) is 4.78. The van der Waals surface area contributed by atoms with Crippen LogP contribution in [0.2, 0.25) is 0 Å². The van der Waals surface area contributed by atoms with Gasteiger partial charge in [0.25, 0.3) is 5.91 Å². The molecule has 0 saturated heterocycles. The first kappa shape index (κ1) is 23.9. The maximum Gasteiger partial charge on any atom is 0.255 e. The topological polar surface area (TPSA) is 135 Å². The minimum absolute atomic E-state index is 0.227. The number of nitrogens with one attached hydrogen (secondary N) is 2. The van der Waals surface area contributed by atoms with Crippen molar-refractivity contribution >= 4 is 29.2 Å². The highest BCUT2D eigenvalue weighted by Gasteiger charge is 2.29. The standard InChI is InChI=1S/C29H30N8O/c30-24-7-3-4-8-25(24)33-27(38)20-11-9-18(10-12-20)17-37(31)29-35-26(19-13-14-19)34-28(36-29)32-23-15-21-5-1-2-6-22(21)16-23/h1-12,19,23H,13-17,30-31H2,(H,33,38)(H,32,34,35,36). The van der Waals surface area contributed by atoms with Gasteiger partial charge in [-0.1, -0.05) is 48.5 Å². The largest absolute Gasteiger partial charge is 0.397 e. The van der Waals surface area contributed by atoms with E-state index in [4.69, 9.17) is 16.6 Å². The minimum atomic E-state index is -0.227. The molecule has 4 aromatic rings. The van der Waals surface area contributed by atoms with E-state index in [1.807, 2.05) is 24.3 Å². The average Bonchev–Trinajstić information content (AvgIpc) is 3.70. The van der Waals surface area contributed by atoms with Gasteiger partial charge in [0.2, 0.25) is 11.9 Å². The maximum atomic E-state index is 12.6. The van der Waals surface area contributed by atoms with E-state index in [0.717, 1.165) is 37.1 Å². The molecule has 0 atom stereocenters. The first-order chi connectivity index (χ1) is 18.5. The van der Waals surface area contributed by atoms with Crippen molar-refractivity contribution in [1.29, 1.82) is 0 Å². The molecule has 1 aromatic heterocycles. The van der Waals surface area contributed by atoms with Crippen molar-refractivity contribution in [2.75, 3.05) is 21.4 Å². The Balaban J connectivity index is 1.14. The second kappa shape index (κ2) is 10.1. The number of anilines is 4. The summed E-state index contributed by atoms with van der Waals surface area (Å²) in [5.41, 5.74) is 11.2. The molecular weight excluding hydrogens is 476 g/mol. The molecule has 0 radical (unpaired) electrons. The number of amides is 1. The van der Waals surface area contributed by atoms with Crippen LogP contribution in [-0.4, -0.2) is 26.9 Å². The Kier molecular flexibility index (Phi) is 6.35. The number of nitrogens with two attached hydrogens (primary N) is 2. The molecule has 192 valence electrons. The summed E-state index contributed by atoms with van der Waals surface area (Å²) >= 11 is 0. The van der Waals surface area contributed by atoms with Crippen LogP contribution in [0, 0.1) is 0 Å². The number of hydrogen-bond donors (Lipinski definition) is 4. The van der Waals surface area contributed by atoms with E-state index in [0.29, 0.717) is 41.3 Å². The number of rotatable bonds is 8. The smallest absolute Gasteiger partial charge is 0.255 e. The lowest BCUT2D eigenvalue weighted by molar-refractivity contribution is 0.102. The summed E-state index contributed by atoms with van der Waals surface area (Å²) in [6, 6.07) is 23.2. The zero-order chi connectivity index (χ0) is 26.1. The molecule has 9 heteroatoms. The number of carbonyl (C=O) groups excluding carboxylic acids is 1. The highest BCUT2D eigenvalue weighted by molar-refractivity contribution is 6.05. The molecule has 38 heavy (non-hydrogen) atoms. The van der Waals surface area contributed by atoms with E-state index in [2.05, 4.69) is 44.9 Å². The number of nitrogens with zero attached hydrogens (tertiary/aromatic N) is 4. The Labute approximate surface area is 221 Å². The maximum absolute atomic E-state index is 12.6. The third kappa shape index (κ3) is 5.28. The summed E-state index contributed by atoms with van der Waals surface area (Å²) in [6.07, 6.45) is 4.05. The lowest BCUT2D eigenvalue weighted by atomic mass is 10.1. The van der Waals surface area contributed by atoms with Gasteiger partial charge >= 0.3 is 0 Å². The molecule has 6 N–H and O–H groups in total. The molecular formula is C29H30N8O. The van der Waals surface area contributed by atoms with Crippen molar-refractivity contribution in [3.63, 3.8) is 0 Å². The van der Waals surface area contributed by atoms with Gasteiger partial charge in [-0.25, -0.2) is 5.84 Å². The molecule has 0 bridgehead atoms. The van der Waals surface area contributed by atoms with Crippen molar-refractivity contribution in [3.8, 4) is 0 Å². The third-order valence-corrected chi connectivity index (χ3v) is 7.00. The summed E-state index contributed by atoms with van der Waals surface area (Å²) in [6.45, 7) is 0.385. The van der Waals surface area contributed by atoms with E-state index in [1.54, 1.807) is 24.3 Å². The van der Waals surface area contributed by atoms with Crippen molar-refractivity contribution < 1.29 is 4.79 Å². The van der Waals surface area contributed by atoms with Gasteiger partial charge in [-0.05, 0) is 66.6 Å². The first-order valence-corrected chi connectivity index (χ1v) is 12.9. The molecule has 9 nitrogen and oxygen atoms in total. The molecule has 3 aromatic carbocycles. The predicted molar refractivity (Wildman–Crippen MR) is 149 cm³/mol. The lowest BCUT2D eigenvalue weighted by Crippen LogP contribution is -2.33. The van der Waals surface area contributed by atoms with Crippen molar-refractivity contribution in [1.82, 2.24) is 15.0 Å². The van der Waals surface area contributed by atoms with E-state index in [-0.39, 0.29) is 11.9 Å². The van der Waals surface area contributed by atoms with Gasteiger partial charge < -0.3 is 16.4 Å². The van der Waals surface area contributed by atoms with Gasteiger partial charge in [0.05, 0.1) is 17.9 Å². The molecule has 0 spiro atoms. The Morgan fingerprint density at radius 3 is 2.26 bits per heavy atom. The quantitative estimate of drug-likeness (QED) is 0.160. The lowest BCUT2D eigenvalue weighted by Gasteiger charge is -2.19. The molecule has 1 fully saturated rings. The van der Waals surface area contributed by atoms with E-state index < -0.39 is 0 Å². The average molecular weight is 507 g/mol. The summed E-state index contributed by atoms with van der Waals surface area (Å²) < 4.78 is 0. The number of benzene rings is 3. The van der Waals surface area contributed by atoms with Gasteiger partial charge in [-0.15, -0.1) is 0 Å². The normalized spacial score (nSPS) is 14.7. The SMILES string of the molecule is Nc1ccccc1NC(=O)c1ccc(CN(N)c2nc(NC3Cc4ccccc4C3)nc(C3CC3)n2)cc1. The number of carbonyl (C=O) groups is 1. The van der Waals surface area contributed by atoms with Crippen LogP contribution in [0.3, 0.4) is 0 Å². The third-order valence-electron chi connectivity index (χ3n) is 7.00. The fourth-order valence-corrected chi connectivity index (χ4v) is 4.78. The van der Waals surface area contributed by atoms with Crippen LogP contribution >= 0.6 is 0 Å². The Morgan fingerprint density at radius 2 is 1.58 bits per heavy atom. The molecule has 0 aliphatic heterocycles. The summed E-state index contributed by atoms with van der Waals surface area (Å²) in [5.74, 6) is 8.36. The molecule has 1 saturated carbocycles. The van der Waals surface area contributed by atoms with Crippen LogP contribution in [0.4, 0.5) is 23.3 Å². The van der Waals surface area contributed by atoms with Crippen molar-refractivity contribution in [3.05, 3.63) is 101 Å². The van der Waals surface area contributed by atoms with Gasteiger partial charge in [0.15, 0.2) is 0 Å². The zero-order valence-electron chi connectivity index (χ0n) is 21.0. The number of para-hydroxylation sites is 2. The summed E-state index contributed by atoms with van der Waals surface area (Å²) in [5, 5.41) is 7.89. The van der Waals surface area contributed by atoms with Gasteiger partial charge in [-0.2, -0.15) is 15.0 Å². The first-order valence-electron chi connectivity index (χ1n) is 12.9. The van der Waals surface area contributed by atoms with Gasteiger partial charge in [0.1, 0.15) is 5.82 Å². The summed E-state index contributed by atoms with van der Waals surface area (Å²) in [4.78, 5) is 26.7. The Morgan fingerprint density at radius 1 is 0.895 bits per heavy atom. The van der Waals surface area contributed by atoms with Crippen LogP contribution in [-0.2, 0) is 19.4 Å². The molecule has 0 unspecified atom stereocenters. The van der Waals surface area contributed by atoms with E-state index in [9.17, 15) is 4.79 Å². The van der Waals surface area contributed by atoms with Crippen molar-refractivity contribution in [2.45, 2.75) is 44.2 Å². The summed E-state index contributed by atoms with van der Waals surface area (Å²) in [7, 11) is 0. The highest BCUT2D eigenvalue weighted by Crippen LogP contribution is 2.38. The van der Waals surface area contributed by atoms with Crippen LogP contribution in [0.25, 0.3) is 0 Å². The Bertz CT molecular complexity index is 1440. The second-order valence-electron chi connectivity index (χ2n) is 9.98. The Hall–Kier alpha value is -4.50. The monoisotopic (exact) mass is 506 g/mol. The number of aromatic nitrogens is 3. The fraction of sp³-hybridized carbons (Fsp3) is 0.241. The molecule has 2 aliphatic carbocycles. The zero-order valence-corrected chi connectivity index (χ0v) is 21.0. The van der Waals surface area contributed by atoms with E-state index >= 15 is 0 Å². The second-order valence-corrected chi connectivity index (χ2v) is 9.98. The molecule has 1 amide bonds. The molecule has 2 aliphatic rings. The highest BCUT2D eigenvalue weighted by atomic mass is 16.1. The van der Waals surface area contributed by atoms with Crippen LogP contribution < -0.4 is 27.2 Å².